The highest BCUT2D eigenvalue weighted by atomic mass is 35.5. The summed E-state index contributed by atoms with van der Waals surface area (Å²) < 4.78 is 9.05. The molecule has 0 aliphatic rings. The molecule has 3 heterocycles. The fourth-order valence-electron chi connectivity index (χ4n) is 3.15. The highest BCUT2D eigenvalue weighted by molar-refractivity contribution is 7.99. The molecular formula is C22H23ClN8O2S. The van der Waals surface area contributed by atoms with Crippen LogP contribution in [0.5, 0.6) is 5.75 Å². The van der Waals surface area contributed by atoms with Gasteiger partial charge >= 0.3 is 0 Å². The number of rotatable bonds is 8. The number of nitrogens with one attached hydrogen (secondary N) is 1. The first kappa shape index (κ1) is 23.7. The minimum absolute atomic E-state index is 0.134. The van der Waals surface area contributed by atoms with Gasteiger partial charge in [-0.15, -0.1) is 10.2 Å². The van der Waals surface area contributed by atoms with Gasteiger partial charge < -0.3 is 14.6 Å². The molecule has 3 aromatic heterocycles. The molecule has 176 valence electrons. The molecule has 0 atom stereocenters. The lowest BCUT2D eigenvalue weighted by Crippen LogP contribution is -2.18. The van der Waals surface area contributed by atoms with E-state index in [-0.39, 0.29) is 18.3 Å². The lowest BCUT2D eigenvalue weighted by atomic mass is 10.3. The van der Waals surface area contributed by atoms with Crippen molar-refractivity contribution in [2.24, 2.45) is 7.05 Å². The van der Waals surface area contributed by atoms with Crippen molar-refractivity contribution in [2.75, 3.05) is 11.1 Å². The normalized spacial score (nSPS) is 11.0. The van der Waals surface area contributed by atoms with Crippen LogP contribution >= 0.6 is 23.4 Å². The second kappa shape index (κ2) is 10.2. The molecule has 1 N–H and O–H groups in total. The Morgan fingerprint density at radius 1 is 1.09 bits per heavy atom. The Morgan fingerprint density at radius 3 is 2.56 bits per heavy atom. The van der Waals surface area contributed by atoms with Crippen LogP contribution in [0.4, 0.5) is 5.82 Å². The summed E-state index contributed by atoms with van der Waals surface area (Å²) in [6.45, 7) is 5.82. The van der Waals surface area contributed by atoms with E-state index in [0.29, 0.717) is 33.5 Å². The third-order valence-electron chi connectivity index (χ3n) is 4.71. The number of thioether (sulfide) groups is 1. The van der Waals surface area contributed by atoms with Crippen molar-refractivity contribution in [2.45, 2.75) is 32.5 Å². The van der Waals surface area contributed by atoms with Gasteiger partial charge in [0.15, 0.2) is 11.0 Å². The van der Waals surface area contributed by atoms with Crippen molar-refractivity contribution in [3.63, 3.8) is 0 Å². The Labute approximate surface area is 205 Å². The molecule has 0 fully saturated rings. The van der Waals surface area contributed by atoms with Gasteiger partial charge in [-0.1, -0.05) is 35.5 Å². The summed E-state index contributed by atoms with van der Waals surface area (Å²) in [4.78, 5) is 21.5. The van der Waals surface area contributed by atoms with Gasteiger partial charge in [0.1, 0.15) is 18.2 Å². The van der Waals surface area contributed by atoms with E-state index in [1.165, 1.54) is 16.4 Å². The van der Waals surface area contributed by atoms with E-state index in [0.717, 1.165) is 17.1 Å². The number of para-hydroxylation sites is 1. The van der Waals surface area contributed by atoms with Crippen LogP contribution in [0.2, 0.25) is 5.02 Å². The van der Waals surface area contributed by atoms with Crippen molar-refractivity contribution in [3.8, 4) is 11.7 Å². The van der Waals surface area contributed by atoms with Crippen LogP contribution in [0.25, 0.3) is 5.95 Å². The van der Waals surface area contributed by atoms with Gasteiger partial charge in [-0.05, 0) is 39.0 Å². The molecule has 4 aromatic rings. The number of nitrogens with zero attached hydrogens (tertiary/aromatic N) is 7. The number of benzene rings is 1. The fraction of sp³-hybridized carbons (Fsp3) is 0.273. The van der Waals surface area contributed by atoms with E-state index in [2.05, 4.69) is 30.6 Å². The van der Waals surface area contributed by atoms with Gasteiger partial charge in [-0.2, -0.15) is 9.78 Å². The summed E-state index contributed by atoms with van der Waals surface area (Å²) in [5.41, 5.74) is 2.38. The lowest BCUT2D eigenvalue weighted by molar-refractivity contribution is -0.113. The molecule has 34 heavy (non-hydrogen) atoms. The maximum atomic E-state index is 12.7. The molecule has 4 rings (SSSR count). The highest BCUT2D eigenvalue weighted by Crippen LogP contribution is 2.24. The van der Waals surface area contributed by atoms with Gasteiger partial charge in [0.05, 0.1) is 16.5 Å². The summed E-state index contributed by atoms with van der Waals surface area (Å²) in [6, 6.07) is 10.9. The van der Waals surface area contributed by atoms with E-state index < -0.39 is 0 Å². The SMILES string of the molecule is Cc1cc(C)nc(-n2nc(C)cc2NC(=O)CSc2nnc(COc3ccccc3Cl)n2C)n1. The maximum absolute atomic E-state index is 12.7. The Bertz CT molecular complexity index is 1320. The molecule has 0 saturated heterocycles. The number of carbonyl (C=O) groups excluding carboxylic acids is 1. The first-order valence-electron chi connectivity index (χ1n) is 10.4. The van der Waals surface area contributed by atoms with E-state index in [1.807, 2.05) is 46.0 Å². The first-order valence-corrected chi connectivity index (χ1v) is 11.7. The minimum Gasteiger partial charge on any atom is -0.484 e. The molecular weight excluding hydrogens is 476 g/mol. The zero-order chi connectivity index (χ0) is 24.2. The maximum Gasteiger partial charge on any atom is 0.252 e. The molecule has 0 aliphatic heterocycles. The number of halogens is 1. The summed E-state index contributed by atoms with van der Waals surface area (Å²) in [5, 5.41) is 16.7. The van der Waals surface area contributed by atoms with Crippen LogP contribution in [-0.4, -0.2) is 46.2 Å². The molecule has 1 aromatic carbocycles. The lowest BCUT2D eigenvalue weighted by Gasteiger charge is -2.09. The van der Waals surface area contributed by atoms with Crippen LogP contribution < -0.4 is 10.1 Å². The van der Waals surface area contributed by atoms with Gasteiger partial charge in [-0.3, -0.25) is 4.79 Å². The molecule has 0 aliphatic carbocycles. The third-order valence-corrected chi connectivity index (χ3v) is 6.04. The Hall–Kier alpha value is -3.44. The molecule has 0 radical (unpaired) electrons. The molecule has 12 heteroatoms. The number of hydrogen-bond donors (Lipinski definition) is 1. The second-order valence-corrected chi connectivity index (χ2v) is 8.90. The summed E-state index contributed by atoms with van der Waals surface area (Å²) in [5.74, 6) is 2.01. The highest BCUT2D eigenvalue weighted by Gasteiger charge is 2.16. The van der Waals surface area contributed by atoms with Crippen LogP contribution in [0, 0.1) is 20.8 Å². The van der Waals surface area contributed by atoms with Crippen LogP contribution in [-0.2, 0) is 18.4 Å². The Morgan fingerprint density at radius 2 is 1.82 bits per heavy atom. The van der Waals surface area contributed by atoms with Crippen LogP contribution in [0.1, 0.15) is 22.9 Å². The standard InChI is InChI=1S/C22H23ClN8O2S/c1-13-9-14(2)25-21(24-13)31-18(10-15(3)29-31)26-20(32)12-34-22-28-27-19(30(22)4)11-33-17-8-6-5-7-16(17)23/h5-10H,11-12H2,1-4H3,(H,26,32). The van der Waals surface area contributed by atoms with Crippen molar-refractivity contribution < 1.29 is 9.53 Å². The first-order chi connectivity index (χ1) is 16.3. The number of aryl methyl sites for hydroxylation is 3. The van der Waals surface area contributed by atoms with Crippen molar-refractivity contribution >= 4 is 35.1 Å². The second-order valence-electron chi connectivity index (χ2n) is 7.55. The van der Waals surface area contributed by atoms with E-state index in [1.54, 1.807) is 22.8 Å². The van der Waals surface area contributed by atoms with Crippen molar-refractivity contribution in [1.29, 1.82) is 0 Å². The number of amides is 1. The third kappa shape index (κ3) is 5.54. The van der Waals surface area contributed by atoms with E-state index >= 15 is 0 Å². The summed E-state index contributed by atoms with van der Waals surface area (Å²) in [7, 11) is 1.82. The monoisotopic (exact) mass is 498 g/mol. The Balaban J connectivity index is 1.38. The average molecular weight is 499 g/mol. The topological polar surface area (TPSA) is 113 Å². The fourth-order valence-corrected chi connectivity index (χ4v) is 4.07. The number of hydrogen-bond acceptors (Lipinski definition) is 8. The average Bonchev–Trinajstić information content (AvgIpc) is 3.32. The summed E-state index contributed by atoms with van der Waals surface area (Å²) in [6.07, 6.45) is 0. The van der Waals surface area contributed by atoms with Gasteiger partial charge in [0, 0.05) is 24.5 Å². The number of carbonyl (C=O) groups is 1. The quantitative estimate of drug-likeness (QED) is 0.366. The van der Waals surface area contributed by atoms with Crippen molar-refractivity contribution in [3.05, 3.63) is 64.3 Å². The zero-order valence-electron chi connectivity index (χ0n) is 19.1. The zero-order valence-corrected chi connectivity index (χ0v) is 20.7. The van der Waals surface area contributed by atoms with Gasteiger partial charge in [-0.25, -0.2) is 9.97 Å². The number of aromatic nitrogens is 7. The molecule has 0 unspecified atom stereocenters. The number of anilines is 1. The van der Waals surface area contributed by atoms with E-state index in [4.69, 9.17) is 16.3 Å². The number of ether oxygens (including phenoxy) is 1. The smallest absolute Gasteiger partial charge is 0.252 e. The Kier molecular flexibility index (Phi) is 7.13. The largest absolute Gasteiger partial charge is 0.484 e. The van der Waals surface area contributed by atoms with E-state index in [9.17, 15) is 4.79 Å². The van der Waals surface area contributed by atoms with Gasteiger partial charge in [0.25, 0.3) is 5.95 Å². The van der Waals surface area contributed by atoms with Crippen LogP contribution in [0.3, 0.4) is 0 Å². The minimum atomic E-state index is -0.215. The predicted octanol–water partition coefficient (Wildman–Crippen LogP) is 3.68. The van der Waals surface area contributed by atoms with Crippen molar-refractivity contribution in [1.82, 2.24) is 34.5 Å². The molecule has 0 spiro atoms. The van der Waals surface area contributed by atoms with Crippen LogP contribution in [0.15, 0.2) is 41.6 Å². The summed E-state index contributed by atoms with van der Waals surface area (Å²) >= 11 is 7.39. The van der Waals surface area contributed by atoms with Gasteiger partial charge in [0.2, 0.25) is 5.91 Å². The molecule has 0 bridgehead atoms. The molecule has 10 nitrogen and oxygen atoms in total. The molecule has 0 saturated carbocycles. The molecule has 1 amide bonds. The predicted molar refractivity (Wildman–Crippen MR) is 130 cm³/mol.